The molecule has 0 saturated carbocycles. The molecule has 0 heterocycles. The van der Waals surface area contributed by atoms with Gasteiger partial charge in [0.25, 0.3) is 0 Å². The Bertz CT molecular complexity index is 368. The topological polar surface area (TPSA) is 9.23 Å². The van der Waals surface area contributed by atoms with E-state index in [1.165, 1.54) is 12.1 Å². The number of rotatable bonds is 5. The van der Waals surface area contributed by atoms with Gasteiger partial charge in [0.1, 0.15) is 5.75 Å². The van der Waals surface area contributed by atoms with Crippen molar-refractivity contribution in [1.82, 2.24) is 0 Å². The number of hydrogen-bond acceptors (Lipinski definition) is 1. The van der Waals surface area contributed by atoms with Crippen LogP contribution >= 0.6 is 27.5 Å². The normalized spacial score (nSPS) is 11.6. The Morgan fingerprint density at radius 2 is 2.00 bits per heavy atom. The number of hydrogen-bond donors (Lipinski definition) is 0. The Morgan fingerprint density at radius 1 is 1.29 bits per heavy atom. The molecule has 1 aromatic rings. The van der Waals surface area contributed by atoms with Gasteiger partial charge in [-0.2, -0.15) is 0 Å². The minimum Gasteiger partial charge on any atom is -0.406 e. The maximum absolute atomic E-state index is 12.2. The van der Waals surface area contributed by atoms with Crippen LogP contribution in [0.25, 0.3) is 0 Å². The summed E-state index contributed by atoms with van der Waals surface area (Å²) in [6.45, 7) is 0. The second-order valence-corrected chi connectivity index (χ2v) is 4.48. The van der Waals surface area contributed by atoms with Crippen molar-refractivity contribution >= 4 is 27.5 Å². The highest BCUT2D eigenvalue weighted by Gasteiger charge is 2.31. The van der Waals surface area contributed by atoms with Crippen LogP contribution < -0.4 is 4.74 Å². The van der Waals surface area contributed by atoms with Crippen LogP contribution in [0, 0.1) is 0 Å². The molecule has 0 saturated heterocycles. The van der Waals surface area contributed by atoms with Crippen LogP contribution in [0.4, 0.5) is 13.2 Å². The molecular weight excluding hydrogens is 320 g/mol. The van der Waals surface area contributed by atoms with Crippen molar-refractivity contribution in [2.24, 2.45) is 0 Å². The number of halogens is 5. The summed E-state index contributed by atoms with van der Waals surface area (Å²) in [6, 6.07) is 4.50. The predicted octanol–water partition coefficient (Wildman–Crippen LogP) is 4.65. The van der Waals surface area contributed by atoms with E-state index < -0.39 is 6.36 Å². The lowest BCUT2D eigenvalue weighted by Crippen LogP contribution is -2.18. The molecule has 0 amide bonds. The third kappa shape index (κ3) is 5.17. The Hall–Kier alpha value is -0.420. The number of alkyl halides is 5. The standard InChI is InChI=1S/C11H11BrClF3O/c12-5-1-2-9-6-8(7-13)3-4-10(9)17-11(14,15)16/h3-4,6H,1-2,5,7H2. The van der Waals surface area contributed by atoms with Gasteiger partial charge in [0.2, 0.25) is 0 Å². The zero-order valence-corrected chi connectivity index (χ0v) is 11.2. The fourth-order valence-electron chi connectivity index (χ4n) is 1.39. The van der Waals surface area contributed by atoms with Crippen LogP contribution in [0.3, 0.4) is 0 Å². The second-order valence-electron chi connectivity index (χ2n) is 3.42. The molecule has 1 aromatic carbocycles. The molecule has 17 heavy (non-hydrogen) atoms. The van der Waals surface area contributed by atoms with Crippen LogP contribution in [-0.4, -0.2) is 11.7 Å². The fraction of sp³-hybridized carbons (Fsp3) is 0.455. The summed E-state index contributed by atoms with van der Waals surface area (Å²) in [7, 11) is 0. The Morgan fingerprint density at radius 3 is 2.53 bits per heavy atom. The van der Waals surface area contributed by atoms with Gasteiger partial charge in [-0.15, -0.1) is 24.8 Å². The van der Waals surface area contributed by atoms with Gasteiger partial charge < -0.3 is 4.74 Å². The van der Waals surface area contributed by atoms with Gasteiger partial charge in [0.15, 0.2) is 0 Å². The Labute approximate surface area is 111 Å². The van der Waals surface area contributed by atoms with Crippen LogP contribution in [-0.2, 0) is 12.3 Å². The van der Waals surface area contributed by atoms with Crippen molar-refractivity contribution in [3.05, 3.63) is 29.3 Å². The monoisotopic (exact) mass is 330 g/mol. The molecule has 0 spiro atoms. The molecule has 0 radical (unpaired) electrons. The molecule has 6 heteroatoms. The van der Waals surface area contributed by atoms with Crippen molar-refractivity contribution in [2.45, 2.75) is 25.1 Å². The minimum atomic E-state index is -4.66. The second kappa shape index (κ2) is 6.50. The summed E-state index contributed by atoms with van der Waals surface area (Å²) >= 11 is 8.89. The predicted molar refractivity (Wildman–Crippen MR) is 64.8 cm³/mol. The molecule has 0 fully saturated rings. The van der Waals surface area contributed by atoms with E-state index in [0.29, 0.717) is 12.0 Å². The average molecular weight is 332 g/mol. The third-order valence-corrected chi connectivity index (χ3v) is 2.95. The van der Waals surface area contributed by atoms with Crippen LogP contribution in [0.2, 0.25) is 0 Å². The SMILES string of the molecule is FC(F)(F)Oc1ccc(CCl)cc1CCCBr. The molecule has 0 aliphatic heterocycles. The molecule has 0 aliphatic carbocycles. The lowest BCUT2D eigenvalue weighted by molar-refractivity contribution is -0.274. The van der Waals surface area contributed by atoms with Gasteiger partial charge in [-0.3, -0.25) is 0 Å². The zero-order valence-electron chi connectivity index (χ0n) is 8.86. The first-order chi connectivity index (χ1) is 7.96. The Balaban J connectivity index is 2.93. The van der Waals surface area contributed by atoms with E-state index >= 15 is 0 Å². The van der Waals surface area contributed by atoms with Crippen LogP contribution in [0.15, 0.2) is 18.2 Å². The summed E-state index contributed by atoms with van der Waals surface area (Å²) in [5, 5.41) is 0.726. The maximum atomic E-state index is 12.2. The third-order valence-electron chi connectivity index (χ3n) is 2.08. The quantitative estimate of drug-likeness (QED) is 0.714. The highest BCUT2D eigenvalue weighted by molar-refractivity contribution is 9.09. The molecule has 0 bridgehead atoms. The van der Waals surface area contributed by atoms with Crippen molar-refractivity contribution in [1.29, 1.82) is 0 Å². The van der Waals surface area contributed by atoms with E-state index in [0.717, 1.165) is 17.3 Å². The first-order valence-corrected chi connectivity index (χ1v) is 6.61. The van der Waals surface area contributed by atoms with Crippen LogP contribution in [0.5, 0.6) is 5.75 Å². The first-order valence-electron chi connectivity index (χ1n) is 4.95. The van der Waals surface area contributed by atoms with Gasteiger partial charge in [-0.1, -0.05) is 28.1 Å². The average Bonchev–Trinajstić information content (AvgIpc) is 2.26. The molecule has 0 N–H and O–H groups in total. The van der Waals surface area contributed by atoms with Gasteiger partial charge in [0, 0.05) is 11.2 Å². The van der Waals surface area contributed by atoms with Gasteiger partial charge >= 0.3 is 6.36 Å². The molecule has 0 atom stereocenters. The summed E-state index contributed by atoms with van der Waals surface area (Å²) in [5.41, 5.74) is 1.31. The van der Waals surface area contributed by atoms with E-state index in [1.54, 1.807) is 6.07 Å². The molecule has 0 unspecified atom stereocenters. The maximum Gasteiger partial charge on any atom is 0.573 e. The zero-order chi connectivity index (χ0) is 12.9. The molecule has 96 valence electrons. The van der Waals surface area contributed by atoms with Crippen molar-refractivity contribution in [3.63, 3.8) is 0 Å². The largest absolute Gasteiger partial charge is 0.573 e. The van der Waals surface area contributed by atoms with Crippen molar-refractivity contribution < 1.29 is 17.9 Å². The van der Waals surface area contributed by atoms with E-state index in [4.69, 9.17) is 11.6 Å². The van der Waals surface area contributed by atoms with Gasteiger partial charge in [0.05, 0.1) is 0 Å². The van der Waals surface area contributed by atoms with E-state index in [9.17, 15) is 13.2 Å². The first kappa shape index (κ1) is 14.6. The van der Waals surface area contributed by atoms with Crippen LogP contribution in [0.1, 0.15) is 17.5 Å². The van der Waals surface area contributed by atoms with Gasteiger partial charge in [-0.05, 0) is 30.0 Å². The summed E-state index contributed by atoms with van der Waals surface area (Å²) < 4.78 is 40.5. The molecule has 0 aliphatic rings. The minimum absolute atomic E-state index is 0.146. The Kier molecular flexibility index (Phi) is 5.59. The fourth-order valence-corrected chi connectivity index (χ4v) is 1.84. The van der Waals surface area contributed by atoms with E-state index in [1.807, 2.05) is 0 Å². The summed E-state index contributed by atoms with van der Waals surface area (Å²) in [5.74, 6) is 0.125. The molecule has 1 nitrogen and oxygen atoms in total. The molecule has 1 rings (SSSR count). The van der Waals surface area contributed by atoms with E-state index in [-0.39, 0.29) is 11.6 Å². The summed E-state index contributed by atoms with van der Waals surface area (Å²) in [4.78, 5) is 0. The lowest BCUT2D eigenvalue weighted by Gasteiger charge is -2.14. The smallest absolute Gasteiger partial charge is 0.406 e. The molecule has 0 aromatic heterocycles. The number of aryl methyl sites for hydroxylation is 1. The lowest BCUT2D eigenvalue weighted by atomic mass is 10.1. The highest BCUT2D eigenvalue weighted by Crippen LogP contribution is 2.28. The molecular formula is C11H11BrClF3O. The van der Waals surface area contributed by atoms with Crippen molar-refractivity contribution in [3.8, 4) is 5.75 Å². The van der Waals surface area contributed by atoms with Gasteiger partial charge in [-0.25, -0.2) is 0 Å². The number of benzene rings is 1. The number of ether oxygens (including phenoxy) is 1. The van der Waals surface area contributed by atoms with E-state index in [2.05, 4.69) is 20.7 Å². The summed E-state index contributed by atoms with van der Waals surface area (Å²) in [6.07, 6.45) is -3.41. The van der Waals surface area contributed by atoms with Crippen molar-refractivity contribution in [2.75, 3.05) is 5.33 Å². The highest BCUT2D eigenvalue weighted by atomic mass is 79.9.